The Bertz CT molecular complexity index is 468. The summed E-state index contributed by atoms with van der Waals surface area (Å²) in [6.45, 7) is 0.875. The number of thiazole rings is 1. The largest absolute Gasteiger partial charge is 0.315 e. The normalized spacial score (nSPS) is 10.6. The van der Waals surface area contributed by atoms with E-state index in [1.54, 1.807) is 11.3 Å². The molecule has 0 radical (unpaired) electrons. The molecule has 2 nitrogen and oxygen atoms in total. The van der Waals surface area contributed by atoms with Gasteiger partial charge < -0.3 is 5.32 Å². The second-order valence-electron chi connectivity index (χ2n) is 3.52. The first-order chi connectivity index (χ1) is 7.79. The molecule has 1 heterocycles. The Hall–Kier alpha value is -0.900. The van der Waals surface area contributed by atoms with Gasteiger partial charge in [-0.3, -0.25) is 0 Å². The highest BCUT2D eigenvalue weighted by atomic mass is 35.5. The van der Waals surface area contributed by atoms with Gasteiger partial charge in [-0.25, -0.2) is 4.98 Å². The molecule has 0 atom stereocenters. The van der Waals surface area contributed by atoms with Crippen molar-refractivity contribution in [1.82, 2.24) is 10.3 Å². The van der Waals surface area contributed by atoms with Crippen LogP contribution < -0.4 is 5.32 Å². The molecular weight excluding hydrogens is 240 g/mol. The fourth-order valence-corrected chi connectivity index (χ4v) is 2.65. The van der Waals surface area contributed by atoms with Crippen molar-refractivity contribution >= 4 is 22.9 Å². The van der Waals surface area contributed by atoms with E-state index in [1.165, 1.54) is 4.88 Å². The molecule has 0 saturated heterocycles. The highest BCUT2D eigenvalue weighted by Crippen LogP contribution is 2.21. The van der Waals surface area contributed by atoms with Crippen molar-refractivity contribution in [2.24, 2.45) is 0 Å². The Morgan fingerprint density at radius 3 is 2.94 bits per heavy atom. The lowest BCUT2D eigenvalue weighted by atomic mass is 10.2. The molecule has 0 unspecified atom stereocenters. The summed E-state index contributed by atoms with van der Waals surface area (Å²) in [4.78, 5) is 5.65. The van der Waals surface area contributed by atoms with Gasteiger partial charge in [0, 0.05) is 29.1 Å². The Morgan fingerprint density at radius 2 is 2.19 bits per heavy atom. The SMILES string of the molecule is CNCc1cnc(Cc2ccccc2Cl)s1. The van der Waals surface area contributed by atoms with Crippen LogP contribution in [0.4, 0.5) is 0 Å². The van der Waals surface area contributed by atoms with Gasteiger partial charge in [0.15, 0.2) is 0 Å². The van der Waals surface area contributed by atoms with Crippen molar-refractivity contribution in [2.75, 3.05) is 7.05 Å². The van der Waals surface area contributed by atoms with Crippen LogP contribution in [0.25, 0.3) is 0 Å². The van der Waals surface area contributed by atoms with E-state index in [2.05, 4.69) is 10.3 Å². The molecule has 1 aromatic carbocycles. The minimum atomic E-state index is 0.813. The van der Waals surface area contributed by atoms with Crippen LogP contribution in [-0.2, 0) is 13.0 Å². The number of rotatable bonds is 4. The van der Waals surface area contributed by atoms with Gasteiger partial charge in [0.25, 0.3) is 0 Å². The van der Waals surface area contributed by atoms with Crippen LogP contribution in [0.1, 0.15) is 15.4 Å². The minimum absolute atomic E-state index is 0.813. The molecule has 0 saturated carbocycles. The second-order valence-corrected chi connectivity index (χ2v) is 5.13. The van der Waals surface area contributed by atoms with Crippen LogP contribution in [0, 0.1) is 0 Å². The third kappa shape index (κ3) is 2.82. The lowest BCUT2D eigenvalue weighted by molar-refractivity contribution is 0.829. The van der Waals surface area contributed by atoms with Crippen molar-refractivity contribution < 1.29 is 0 Å². The number of nitrogens with zero attached hydrogens (tertiary/aromatic N) is 1. The maximum absolute atomic E-state index is 6.11. The van der Waals surface area contributed by atoms with E-state index in [9.17, 15) is 0 Å². The van der Waals surface area contributed by atoms with E-state index in [1.807, 2.05) is 37.5 Å². The highest BCUT2D eigenvalue weighted by Gasteiger charge is 2.05. The van der Waals surface area contributed by atoms with Gasteiger partial charge in [-0.05, 0) is 18.7 Å². The predicted molar refractivity (Wildman–Crippen MR) is 69.1 cm³/mol. The summed E-state index contributed by atoms with van der Waals surface area (Å²) in [5.41, 5.74) is 1.13. The Labute approximate surface area is 104 Å². The summed E-state index contributed by atoms with van der Waals surface area (Å²) in [5, 5.41) is 5.04. The average molecular weight is 253 g/mol. The van der Waals surface area contributed by atoms with Crippen molar-refractivity contribution in [3.63, 3.8) is 0 Å². The van der Waals surface area contributed by atoms with E-state index in [-0.39, 0.29) is 0 Å². The molecule has 0 bridgehead atoms. The van der Waals surface area contributed by atoms with Crippen LogP contribution in [-0.4, -0.2) is 12.0 Å². The van der Waals surface area contributed by atoms with Crippen LogP contribution in [0.2, 0.25) is 5.02 Å². The van der Waals surface area contributed by atoms with Gasteiger partial charge in [-0.15, -0.1) is 11.3 Å². The smallest absolute Gasteiger partial charge is 0.0972 e. The maximum atomic E-state index is 6.11. The Morgan fingerprint density at radius 1 is 1.38 bits per heavy atom. The maximum Gasteiger partial charge on any atom is 0.0972 e. The lowest BCUT2D eigenvalue weighted by Gasteiger charge is -2.00. The molecule has 0 spiro atoms. The third-order valence-corrected chi connectivity index (χ3v) is 3.62. The highest BCUT2D eigenvalue weighted by molar-refractivity contribution is 7.11. The van der Waals surface area contributed by atoms with Crippen LogP contribution in [0.3, 0.4) is 0 Å². The summed E-state index contributed by atoms with van der Waals surface area (Å²) >= 11 is 7.84. The van der Waals surface area contributed by atoms with Crippen LogP contribution in [0.5, 0.6) is 0 Å². The van der Waals surface area contributed by atoms with E-state index >= 15 is 0 Å². The van der Waals surface area contributed by atoms with E-state index in [0.29, 0.717) is 0 Å². The molecule has 0 aliphatic carbocycles. The van der Waals surface area contributed by atoms with Gasteiger partial charge in [0.05, 0.1) is 5.01 Å². The monoisotopic (exact) mass is 252 g/mol. The zero-order valence-corrected chi connectivity index (χ0v) is 10.6. The van der Waals surface area contributed by atoms with Crippen molar-refractivity contribution in [2.45, 2.75) is 13.0 Å². The standard InChI is InChI=1S/C12H13ClN2S/c1-14-7-10-8-15-12(16-10)6-9-4-2-3-5-11(9)13/h2-5,8,14H,6-7H2,1H3. The van der Waals surface area contributed by atoms with Gasteiger partial charge >= 0.3 is 0 Å². The molecular formula is C12H13ClN2S. The van der Waals surface area contributed by atoms with Crippen molar-refractivity contribution in [1.29, 1.82) is 0 Å². The molecule has 0 aliphatic rings. The molecule has 4 heteroatoms. The zero-order chi connectivity index (χ0) is 11.4. The first-order valence-corrected chi connectivity index (χ1v) is 6.30. The van der Waals surface area contributed by atoms with E-state index in [4.69, 9.17) is 11.6 Å². The summed E-state index contributed by atoms with van der Waals surface area (Å²) in [6, 6.07) is 7.91. The van der Waals surface area contributed by atoms with Gasteiger partial charge in [0.1, 0.15) is 0 Å². The lowest BCUT2D eigenvalue weighted by Crippen LogP contribution is -2.02. The number of halogens is 1. The van der Waals surface area contributed by atoms with Gasteiger partial charge in [-0.1, -0.05) is 29.8 Å². The summed E-state index contributed by atoms with van der Waals surface area (Å²) < 4.78 is 0. The Kier molecular flexibility index (Phi) is 3.93. The summed E-state index contributed by atoms with van der Waals surface area (Å²) in [6.07, 6.45) is 2.74. The van der Waals surface area contributed by atoms with Gasteiger partial charge in [0.2, 0.25) is 0 Å². The van der Waals surface area contributed by atoms with Crippen molar-refractivity contribution in [3.8, 4) is 0 Å². The summed E-state index contributed by atoms with van der Waals surface area (Å²) in [5.74, 6) is 0. The first-order valence-electron chi connectivity index (χ1n) is 5.11. The molecule has 0 amide bonds. The fourth-order valence-electron chi connectivity index (χ4n) is 1.49. The number of hydrogen-bond donors (Lipinski definition) is 1. The molecule has 2 aromatic rings. The topological polar surface area (TPSA) is 24.9 Å². The molecule has 0 fully saturated rings. The second kappa shape index (κ2) is 5.43. The molecule has 1 aromatic heterocycles. The molecule has 84 valence electrons. The summed E-state index contributed by atoms with van der Waals surface area (Å²) in [7, 11) is 1.94. The van der Waals surface area contributed by atoms with Crippen LogP contribution in [0.15, 0.2) is 30.5 Å². The number of hydrogen-bond acceptors (Lipinski definition) is 3. The van der Waals surface area contributed by atoms with Gasteiger partial charge in [-0.2, -0.15) is 0 Å². The third-order valence-electron chi connectivity index (χ3n) is 2.25. The molecule has 0 aliphatic heterocycles. The minimum Gasteiger partial charge on any atom is -0.315 e. The molecule has 2 rings (SSSR count). The predicted octanol–water partition coefficient (Wildman–Crippen LogP) is 3.11. The van der Waals surface area contributed by atoms with E-state index in [0.717, 1.165) is 28.6 Å². The first kappa shape index (κ1) is 11.6. The Balaban J connectivity index is 2.11. The average Bonchev–Trinajstić information content (AvgIpc) is 2.70. The van der Waals surface area contributed by atoms with Crippen LogP contribution >= 0.6 is 22.9 Å². The number of aromatic nitrogens is 1. The molecule has 1 N–H and O–H groups in total. The van der Waals surface area contributed by atoms with E-state index < -0.39 is 0 Å². The van der Waals surface area contributed by atoms with Crippen molar-refractivity contribution in [3.05, 3.63) is 50.9 Å². The fraction of sp³-hybridized carbons (Fsp3) is 0.250. The number of benzene rings is 1. The molecule has 16 heavy (non-hydrogen) atoms. The quantitative estimate of drug-likeness (QED) is 0.905. The zero-order valence-electron chi connectivity index (χ0n) is 9.03. The number of nitrogens with one attached hydrogen (secondary N) is 1.